The summed E-state index contributed by atoms with van der Waals surface area (Å²) in [5.41, 5.74) is 2.25. The molecule has 1 N–H and O–H groups in total. The second-order valence-electron chi connectivity index (χ2n) is 3.76. The predicted octanol–water partition coefficient (Wildman–Crippen LogP) is 1.27. The number of rotatable bonds is 2. The van der Waals surface area contributed by atoms with Gasteiger partial charge in [-0.2, -0.15) is 0 Å². The summed E-state index contributed by atoms with van der Waals surface area (Å²) in [5.74, 6) is 0.842. The van der Waals surface area contributed by atoms with Gasteiger partial charge in [0.2, 0.25) is 0 Å². The minimum Gasteiger partial charge on any atom is -0.493 e. The minimum absolute atomic E-state index is 0.322. The van der Waals surface area contributed by atoms with Gasteiger partial charge >= 0.3 is 5.97 Å². The van der Waals surface area contributed by atoms with E-state index in [0.717, 1.165) is 25.1 Å². The lowest BCUT2D eigenvalue weighted by molar-refractivity contribution is -0.132. The lowest BCUT2D eigenvalue weighted by Crippen LogP contribution is -2.24. The zero-order chi connectivity index (χ0) is 11.5. The molecule has 1 aliphatic heterocycles. The van der Waals surface area contributed by atoms with E-state index in [2.05, 4.69) is 5.32 Å². The fourth-order valence-corrected chi connectivity index (χ4v) is 1.93. The van der Waals surface area contributed by atoms with Crippen LogP contribution in [-0.4, -0.2) is 19.6 Å². The Balaban J connectivity index is 2.47. The van der Waals surface area contributed by atoms with Gasteiger partial charge in [-0.3, -0.25) is 4.79 Å². The standard InChI is InChI=1S/C12H15NO3/c1-8(14)16-12-10-7-13-6-5-9(10)3-4-11(12)15-2/h3-4,13H,5-7H2,1-2H3. The van der Waals surface area contributed by atoms with Crippen LogP contribution in [0.15, 0.2) is 12.1 Å². The van der Waals surface area contributed by atoms with Crippen molar-refractivity contribution in [2.45, 2.75) is 19.9 Å². The highest BCUT2D eigenvalue weighted by Crippen LogP contribution is 2.35. The van der Waals surface area contributed by atoms with Crippen LogP contribution in [0.1, 0.15) is 18.1 Å². The molecule has 4 nitrogen and oxygen atoms in total. The van der Waals surface area contributed by atoms with Crippen molar-refractivity contribution in [3.63, 3.8) is 0 Å². The molecular formula is C12H15NO3. The van der Waals surface area contributed by atoms with Crippen molar-refractivity contribution in [1.29, 1.82) is 0 Å². The monoisotopic (exact) mass is 221 g/mol. The van der Waals surface area contributed by atoms with Gasteiger partial charge < -0.3 is 14.8 Å². The van der Waals surface area contributed by atoms with Crippen LogP contribution in [0.5, 0.6) is 11.5 Å². The second kappa shape index (κ2) is 4.53. The van der Waals surface area contributed by atoms with E-state index < -0.39 is 0 Å². The molecule has 16 heavy (non-hydrogen) atoms. The van der Waals surface area contributed by atoms with Crippen molar-refractivity contribution in [2.24, 2.45) is 0 Å². The molecular weight excluding hydrogens is 206 g/mol. The molecule has 1 aromatic carbocycles. The number of esters is 1. The number of carbonyl (C=O) groups excluding carboxylic acids is 1. The Morgan fingerprint density at radius 2 is 2.25 bits per heavy atom. The maximum absolute atomic E-state index is 11.1. The highest BCUT2D eigenvalue weighted by Gasteiger charge is 2.19. The number of ether oxygens (including phenoxy) is 2. The van der Waals surface area contributed by atoms with Crippen LogP contribution in [0.2, 0.25) is 0 Å². The molecule has 0 aliphatic carbocycles. The molecule has 0 saturated carbocycles. The average Bonchev–Trinajstić information content (AvgIpc) is 2.29. The van der Waals surface area contributed by atoms with E-state index in [9.17, 15) is 4.79 Å². The average molecular weight is 221 g/mol. The van der Waals surface area contributed by atoms with Gasteiger partial charge in [-0.15, -0.1) is 0 Å². The maximum Gasteiger partial charge on any atom is 0.308 e. The highest BCUT2D eigenvalue weighted by molar-refractivity contribution is 5.71. The van der Waals surface area contributed by atoms with E-state index in [1.54, 1.807) is 7.11 Å². The fraction of sp³-hybridized carbons (Fsp3) is 0.417. The van der Waals surface area contributed by atoms with Crippen LogP contribution in [-0.2, 0) is 17.8 Å². The van der Waals surface area contributed by atoms with E-state index in [0.29, 0.717) is 11.5 Å². The van der Waals surface area contributed by atoms with Gasteiger partial charge in [0.1, 0.15) is 0 Å². The van der Waals surface area contributed by atoms with Crippen molar-refractivity contribution in [1.82, 2.24) is 5.32 Å². The molecule has 1 aliphatic rings. The third-order valence-electron chi connectivity index (χ3n) is 2.66. The molecule has 0 aromatic heterocycles. The van der Waals surface area contributed by atoms with Gasteiger partial charge in [0.25, 0.3) is 0 Å². The van der Waals surface area contributed by atoms with Crippen LogP contribution in [0.25, 0.3) is 0 Å². The van der Waals surface area contributed by atoms with Crippen molar-refractivity contribution in [3.8, 4) is 11.5 Å². The molecule has 0 spiro atoms. The maximum atomic E-state index is 11.1. The number of nitrogens with one attached hydrogen (secondary N) is 1. The van der Waals surface area contributed by atoms with Gasteiger partial charge in [-0.25, -0.2) is 0 Å². The van der Waals surface area contributed by atoms with E-state index in [1.807, 2.05) is 12.1 Å². The summed E-state index contributed by atoms with van der Waals surface area (Å²) in [6.45, 7) is 3.07. The first-order chi connectivity index (χ1) is 7.72. The summed E-state index contributed by atoms with van der Waals surface area (Å²) in [6, 6.07) is 3.88. The van der Waals surface area contributed by atoms with Gasteiger partial charge in [0, 0.05) is 19.0 Å². The van der Waals surface area contributed by atoms with Crippen molar-refractivity contribution in [3.05, 3.63) is 23.3 Å². The van der Waals surface area contributed by atoms with Crippen molar-refractivity contribution >= 4 is 5.97 Å². The lowest BCUT2D eigenvalue weighted by atomic mass is 9.99. The van der Waals surface area contributed by atoms with Gasteiger partial charge in [0.05, 0.1) is 7.11 Å². The second-order valence-corrected chi connectivity index (χ2v) is 3.76. The number of benzene rings is 1. The Kier molecular flexibility index (Phi) is 3.10. The van der Waals surface area contributed by atoms with E-state index >= 15 is 0 Å². The summed E-state index contributed by atoms with van der Waals surface area (Å²) >= 11 is 0. The molecule has 0 atom stereocenters. The van der Waals surface area contributed by atoms with Gasteiger partial charge in [0.15, 0.2) is 11.5 Å². The first-order valence-corrected chi connectivity index (χ1v) is 5.30. The first-order valence-electron chi connectivity index (χ1n) is 5.30. The summed E-state index contributed by atoms with van der Waals surface area (Å²) in [5, 5.41) is 3.26. The Hall–Kier alpha value is -1.55. The molecule has 4 heteroatoms. The Morgan fingerprint density at radius 3 is 2.94 bits per heavy atom. The van der Waals surface area contributed by atoms with Crippen LogP contribution in [0, 0.1) is 0 Å². The van der Waals surface area contributed by atoms with E-state index in [4.69, 9.17) is 9.47 Å². The topological polar surface area (TPSA) is 47.6 Å². The van der Waals surface area contributed by atoms with Crippen LogP contribution < -0.4 is 14.8 Å². The lowest BCUT2D eigenvalue weighted by Gasteiger charge is -2.21. The summed E-state index contributed by atoms with van der Waals surface area (Å²) in [4.78, 5) is 11.1. The molecule has 0 fully saturated rings. The largest absolute Gasteiger partial charge is 0.493 e. The van der Waals surface area contributed by atoms with E-state index in [1.165, 1.54) is 12.5 Å². The molecule has 1 heterocycles. The molecule has 0 unspecified atom stereocenters. The quantitative estimate of drug-likeness (QED) is 0.603. The van der Waals surface area contributed by atoms with E-state index in [-0.39, 0.29) is 5.97 Å². The Morgan fingerprint density at radius 1 is 1.44 bits per heavy atom. The van der Waals surface area contributed by atoms with Gasteiger partial charge in [-0.05, 0) is 24.6 Å². The number of fused-ring (bicyclic) bond motifs is 1. The minimum atomic E-state index is -0.322. The fourth-order valence-electron chi connectivity index (χ4n) is 1.93. The SMILES string of the molecule is COc1ccc2c(c1OC(C)=O)CNCC2. The number of hydrogen-bond donors (Lipinski definition) is 1. The predicted molar refractivity (Wildman–Crippen MR) is 59.7 cm³/mol. The molecule has 0 saturated heterocycles. The smallest absolute Gasteiger partial charge is 0.308 e. The molecule has 0 bridgehead atoms. The van der Waals surface area contributed by atoms with Crippen LogP contribution in [0.3, 0.4) is 0 Å². The van der Waals surface area contributed by atoms with Crippen molar-refractivity contribution in [2.75, 3.05) is 13.7 Å². The molecule has 0 radical (unpaired) electrons. The zero-order valence-corrected chi connectivity index (χ0v) is 9.50. The molecule has 1 aromatic rings. The highest BCUT2D eigenvalue weighted by atomic mass is 16.6. The third-order valence-corrected chi connectivity index (χ3v) is 2.66. The Labute approximate surface area is 94.6 Å². The summed E-state index contributed by atoms with van der Waals surface area (Å²) < 4.78 is 10.4. The summed E-state index contributed by atoms with van der Waals surface area (Å²) in [6.07, 6.45) is 0.952. The molecule has 86 valence electrons. The normalized spacial score (nSPS) is 14.1. The zero-order valence-electron chi connectivity index (χ0n) is 9.50. The molecule has 2 rings (SSSR count). The first kappa shape index (κ1) is 11.0. The van der Waals surface area contributed by atoms with Gasteiger partial charge in [-0.1, -0.05) is 6.07 Å². The summed E-state index contributed by atoms with van der Waals surface area (Å²) in [7, 11) is 1.57. The number of hydrogen-bond acceptors (Lipinski definition) is 4. The van der Waals surface area contributed by atoms with Crippen LogP contribution in [0.4, 0.5) is 0 Å². The Bertz CT molecular complexity index is 415. The number of carbonyl (C=O) groups is 1. The van der Waals surface area contributed by atoms with Crippen molar-refractivity contribution < 1.29 is 14.3 Å². The number of methoxy groups -OCH3 is 1. The molecule has 0 amide bonds. The third kappa shape index (κ3) is 2.02. The van der Waals surface area contributed by atoms with Crippen LogP contribution >= 0.6 is 0 Å².